The lowest BCUT2D eigenvalue weighted by Crippen LogP contribution is -2.23. The second-order valence-electron chi connectivity index (χ2n) is 5.09. The molecule has 0 bridgehead atoms. The normalized spacial score (nSPS) is 9.88. The van der Waals surface area contributed by atoms with Crippen LogP contribution in [0.1, 0.15) is 10.4 Å². The summed E-state index contributed by atoms with van der Waals surface area (Å²) in [5.41, 5.74) is 1.21. The maximum atomic E-state index is 12.2. The number of nitrogens with zero attached hydrogens (tertiary/aromatic N) is 4. The summed E-state index contributed by atoms with van der Waals surface area (Å²) in [4.78, 5) is 12.2. The summed E-state index contributed by atoms with van der Waals surface area (Å²) >= 11 is 3.38. The Balaban J connectivity index is 1.48. The molecule has 0 unspecified atom stereocenters. The van der Waals surface area contributed by atoms with Gasteiger partial charge in [0.1, 0.15) is 18.7 Å². The Hall–Kier alpha value is -3.18. The van der Waals surface area contributed by atoms with Gasteiger partial charge in [0.15, 0.2) is 0 Å². The number of carbonyl (C=O) groups excluding carboxylic acids is 1. The molecule has 0 spiro atoms. The molecular formula is C18H14BrN5O2. The summed E-state index contributed by atoms with van der Waals surface area (Å²) in [6.07, 6.45) is 1.47. The van der Waals surface area contributed by atoms with E-state index in [0.717, 1.165) is 10.2 Å². The van der Waals surface area contributed by atoms with Gasteiger partial charge in [-0.2, -0.15) is 0 Å². The van der Waals surface area contributed by atoms with Crippen LogP contribution in [0.3, 0.4) is 0 Å². The molecule has 0 aliphatic rings. The number of nitrogens with one attached hydrogen (secondary N) is 1. The van der Waals surface area contributed by atoms with Gasteiger partial charge < -0.3 is 10.1 Å². The monoisotopic (exact) mass is 411 g/mol. The second-order valence-corrected chi connectivity index (χ2v) is 6.00. The zero-order chi connectivity index (χ0) is 18.2. The summed E-state index contributed by atoms with van der Waals surface area (Å²) in [5, 5.41) is 13.7. The van der Waals surface area contributed by atoms with Gasteiger partial charge in [-0.3, -0.25) is 4.79 Å². The highest BCUT2D eigenvalue weighted by Crippen LogP contribution is 2.17. The highest BCUT2D eigenvalue weighted by Gasteiger charge is 2.06. The molecule has 0 aliphatic carbocycles. The van der Waals surface area contributed by atoms with E-state index in [9.17, 15) is 4.79 Å². The average Bonchev–Trinajstić information content (AvgIpc) is 3.19. The van der Waals surface area contributed by atoms with Crippen molar-refractivity contribution in [2.75, 3.05) is 13.2 Å². The van der Waals surface area contributed by atoms with Crippen molar-refractivity contribution >= 4 is 21.8 Å². The summed E-state index contributed by atoms with van der Waals surface area (Å²) in [6, 6.07) is 14.5. The van der Waals surface area contributed by atoms with Gasteiger partial charge in [0.05, 0.1) is 12.2 Å². The lowest BCUT2D eigenvalue weighted by atomic mass is 10.2. The van der Waals surface area contributed by atoms with E-state index in [1.54, 1.807) is 18.2 Å². The van der Waals surface area contributed by atoms with Gasteiger partial charge in [0.2, 0.25) is 0 Å². The van der Waals surface area contributed by atoms with Crippen molar-refractivity contribution in [1.29, 1.82) is 0 Å². The van der Waals surface area contributed by atoms with E-state index in [0.29, 0.717) is 11.3 Å². The van der Waals surface area contributed by atoms with E-state index in [2.05, 4.69) is 48.6 Å². The van der Waals surface area contributed by atoms with Crippen LogP contribution in [0.15, 0.2) is 59.3 Å². The Morgan fingerprint density at radius 1 is 1.19 bits per heavy atom. The number of tetrazole rings is 1. The van der Waals surface area contributed by atoms with Crippen molar-refractivity contribution in [2.24, 2.45) is 0 Å². The molecule has 2 aromatic carbocycles. The largest absolute Gasteiger partial charge is 0.481 e. The van der Waals surface area contributed by atoms with E-state index < -0.39 is 0 Å². The maximum Gasteiger partial charge on any atom is 0.252 e. The number of hydrogen-bond donors (Lipinski definition) is 1. The maximum absolute atomic E-state index is 12.2. The van der Waals surface area contributed by atoms with Crippen LogP contribution in [-0.2, 0) is 0 Å². The number of halogens is 1. The van der Waals surface area contributed by atoms with Crippen LogP contribution in [0.2, 0.25) is 0 Å². The molecule has 0 fully saturated rings. The minimum atomic E-state index is -0.220. The Labute approximate surface area is 158 Å². The molecule has 8 heteroatoms. The van der Waals surface area contributed by atoms with Gasteiger partial charge in [-0.05, 0) is 46.8 Å². The zero-order valence-corrected chi connectivity index (χ0v) is 15.2. The number of ether oxygens (including phenoxy) is 1. The van der Waals surface area contributed by atoms with Crippen LogP contribution in [0.25, 0.3) is 5.69 Å². The first-order valence-corrected chi connectivity index (χ1v) is 8.47. The Morgan fingerprint density at radius 2 is 2.08 bits per heavy atom. The van der Waals surface area contributed by atoms with Crippen molar-refractivity contribution in [3.63, 3.8) is 0 Å². The predicted octanol–water partition coefficient (Wildman–Crippen LogP) is 2.24. The molecule has 1 N–H and O–H groups in total. The van der Waals surface area contributed by atoms with E-state index >= 15 is 0 Å². The van der Waals surface area contributed by atoms with Crippen molar-refractivity contribution in [3.05, 3.63) is 64.9 Å². The number of benzene rings is 2. The fraction of sp³-hybridized carbons (Fsp3) is 0.111. The highest BCUT2D eigenvalue weighted by molar-refractivity contribution is 9.10. The standard InChI is InChI=1S/C18H14BrN5O2/c19-15-6-4-8-17(12-15)26-10-2-1-9-20-18(25)14-5-3-7-16(11-14)24-13-21-22-23-24/h3-8,11-13H,9-10H2,(H,20,25). The summed E-state index contributed by atoms with van der Waals surface area (Å²) < 4.78 is 7.92. The molecule has 0 atom stereocenters. The average molecular weight is 412 g/mol. The summed E-state index contributed by atoms with van der Waals surface area (Å²) in [5.74, 6) is 6.23. The molecule has 26 heavy (non-hydrogen) atoms. The third-order valence-electron chi connectivity index (χ3n) is 3.29. The van der Waals surface area contributed by atoms with Gasteiger partial charge in [-0.15, -0.1) is 5.10 Å². The van der Waals surface area contributed by atoms with Crippen LogP contribution in [0, 0.1) is 11.8 Å². The molecular weight excluding hydrogens is 398 g/mol. The molecule has 3 aromatic rings. The van der Waals surface area contributed by atoms with Crippen LogP contribution in [0.4, 0.5) is 0 Å². The molecule has 0 aliphatic heterocycles. The van der Waals surface area contributed by atoms with Gasteiger partial charge in [0, 0.05) is 10.0 Å². The minimum Gasteiger partial charge on any atom is -0.481 e. The number of carbonyl (C=O) groups is 1. The van der Waals surface area contributed by atoms with Crippen LogP contribution >= 0.6 is 15.9 Å². The lowest BCUT2D eigenvalue weighted by Gasteiger charge is -2.04. The number of aromatic nitrogens is 4. The first-order valence-electron chi connectivity index (χ1n) is 7.68. The number of rotatable bonds is 5. The van der Waals surface area contributed by atoms with E-state index in [1.165, 1.54) is 11.0 Å². The molecule has 1 heterocycles. The van der Waals surface area contributed by atoms with Gasteiger partial charge in [-0.25, -0.2) is 4.68 Å². The summed E-state index contributed by atoms with van der Waals surface area (Å²) in [7, 11) is 0. The van der Waals surface area contributed by atoms with E-state index in [-0.39, 0.29) is 19.1 Å². The van der Waals surface area contributed by atoms with Gasteiger partial charge in [-0.1, -0.05) is 39.9 Å². The Morgan fingerprint density at radius 3 is 2.88 bits per heavy atom. The molecule has 1 aromatic heterocycles. The molecule has 1 amide bonds. The Bertz CT molecular complexity index is 947. The molecule has 130 valence electrons. The fourth-order valence-corrected chi connectivity index (χ4v) is 2.46. The van der Waals surface area contributed by atoms with Crippen LogP contribution in [0.5, 0.6) is 5.75 Å². The van der Waals surface area contributed by atoms with Crippen LogP contribution < -0.4 is 10.1 Å². The van der Waals surface area contributed by atoms with Crippen molar-refractivity contribution in [2.45, 2.75) is 0 Å². The first-order chi connectivity index (χ1) is 12.7. The van der Waals surface area contributed by atoms with Crippen molar-refractivity contribution in [1.82, 2.24) is 25.5 Å². The molecule has 7 nitrogen and oxygen atoms in total. The Kier molecular flexibility index (Phi) is 5.96. The van der Waals surface area contributed by atoms with Crippen molar-refractivity contribution in [3.8, 4) is 23.3 Å². The predicted molar refractivity (Wildman–Crippen MR) is 98.9 cm³/mol. The second kappa shape index (κ2) is 8.78. The molecule has 0 radical (unpaired) electrons. The molecule has 3 rings (SSSR count). The topological polar surface area (TPSA) is 81.9 Å². The van der Waals surface area contributed by atoms with E-state index in [1.807, 2.05) is 30.3 Å². The quantitative estimate of drug-likeness (QED) is 0.651. The zero-order valence-electron chi connectivity index (χ0n) is 13.6. The number of amides is 1. The lowest BCUT2D eigenvalue weighted by molar-refractivity contribution is 0.0958. The first kappa shape index (κ1) is 17.6. The molecule has 0 saturated carbocycles. The smallest absolute Gasteiger partial charge is 0.252 e. The third kappa shape index (κ3) is 4.91. The fourth-order valence-electron chi connectivity index (χ4n) is 2.09. The number of hydrogen-bond acceptors (Lipinski definition) is 5. The third-order valence-corrected chi connectivity index (χ3v) is 3.78. The summed E-state index contributed by atoms with van der Waals surface area (Å²) in [6.45, 7) is 0.483. The van der Waals surface area contributed by atoms with E-state index in [4.69, 9.17) is 4.74 Å². The minimum absolute atomic E-state index is 0.220. The SMILES string of the molecule is O=C(NCC#CCOc1cccc(Br)c1)c1cccc(-n2cnnn2)c1. The van der Waals surface area contributed by atoms with Gasteiger partial charge >= 0.3 is 0 Å². The molecule has 0 saturated heterocycles. The highest BCUT2D eigenvalue weighted by atomic mass is 79.9. The van der Waals surface area contributed by atoms with Crippen molar-refractivity contribution < 1.29 is 9.53 Å². The van der Waals surface area contributed by atoms with Gasteiger partial charge in [0.25, 0.3) is 5.91 Å². The van der Waals surface area contributed by atoms with Crippen LogP contribution in [-0.4, -0.2) is 39.3 Å².